The third-order valence-corrected chi connectivity index (χ3v) is 4.87. The van der Waals surface area contributed by atoms with Crippen molar-refractivity contribution in [2.75, 3.05) is 7.05 Å². The van der Waals surface area contributed by atoms with E-state index >= 15 is 0 Å². The number of nitrogens with zero attached hydrogens (tertiary/aromatic N) is 1. The van der Waals surface area contributed by atoms with Gasteiger partial charge in [-0.05, 0) is 37.9 Å². The van der Waals surface area contributed by atoms with Crippen molar-refractivity contribution in [3.8, 4) is 0 Å². The molecular weight excluding hydrogens is 260 g/mol. The zero-order chi connectivity index (χ0) is 14.7. The lowest BCUT2D eigenvalue weighted by atomic mass is 9.84. The van der Waals surface area contributed by atoms with E-state index in [4.69, 9.17) is 0 Å². The summed E-state index contributed by atoms with van der Waals surface area (Å²) in [6, 6.07) is 10.1. The van der Waals surface area contributed by atoms with E-state index in [1.165, 1.54) is 32.1 Å². The summed E-state index contributed by atoms with van der Waals surface area (Å²) in [6.07, 6.45) is 8.68. The molecule has 0 spiro atoms. The third-order valence-electron chi connectivity index (χ3n) is 4.87. The Morgan fingerprint density at radius 1 is 1.19 bits per heavy atom. The molecule has 3 heteroatoms. The second-order valence-electron chi connectivity index (χ2n) is 6.14. The van der Waals surface area contributed by atoms with Crippen LogP contribution < -0.4 is 10.7 Å². The molecule has 0 bridgehead atoms. The Hall–Kier alpha value is -1.61. The summed E-state index contributed by atoms with van der Waals surface area (Å²) in [6.45, 7) is 0.932. The molecule has 1 saturated carbocycles. The van der Waals surface area contributed by atoms with Crippen LogP contribution in [0.1, 0.15) is 32.1 Å². The van der Waals surface area contributed by atoms with Gasteiger partial charge in [0, 0.05) is 30.2 Å². The minimum Gasteiger partial charge on any atom is -0.346 e. The molecule has 1 heterocycles. The highest BCUT2D eigenvalue weighted by Crippen LogP contribution is 2.27. The summed E-state index contributed by atoms with van der Waals surface area (Å²) >= 11 is 0. The van der Waals surface area contributed by atoms with Crippen molar-refractivity contribution in [1.82, 2.24) is 9.88 Å². The molecule has 1 aliphatic rings. The van der Waals surface area contributed by atoms with Gasteiger partial charge in [0.2, 0.25) is 0 Å². The molecule has 0 aliphatic heterocycles. The standard InChI is InChI=1S/C18H24N2O/c1-19-16(14-7-3-2-4-8-14)13-20-12-11-18(21)15-9-5-6-10-17(15)20/h5-6,9-12,14,16,19H,2-4,7-8,13H2,1H3. The minimum atomic E-state index is 0.112. The predicted octanol–water partition coefficient (Wildman–Crippen LogP) is 3.17. The maximum atomic E-state index is 12.0. The topological polar surface area (TPSA) is 34.0 Å². The van der Waals surface area contributed by atoms with Crippen molar-refractivity contribution in [2.45, 2.75) is 44.7 Å². The Morgan fingerprint density at radius 2 is 1.95 bits per heavy atom. The largest absolute Gasteiger partial charge is 0.346 e. The zero-order valence-electron chi connectivity index (χ0n) is 12.7. The number of nitrogens with one attached hydrogen (secondary N) is 1. The van der Waals surface area contributed by atoms with Gasteiger partial charge in [0.1, 0.15) is 0 Å². The molecule has 3 rings (SSSR count). The van der Waals surface area contributed by atoms with Crippen molar-refractivity contribution < 1.29 is 0 Å². The van der Waals surface area contributed by atoms with Crippen LogP contribution >= 0.6 is 0 Å². The van der Waals surface area contributed by atoms with Crippen molar-refractivity contribution >= 4 is 10.9 Å². The molecule has 1 N–H and O–H groups in total. The van der Waals surface area contributed by atoms with Crippen LogP contribution in [-0.2, 0) is 6.54 Å². The van der Waals surface area contributed by atoms with Gasteiger partial charge in [-0.1, -0.05) is 31.4 Å². The van der Waals surface area contributed by atoms with Crippen LogP contribution in [-0.4, -0.2) is 17.7 Å². The number of fused-ring (bicyclic) bond motifs is 1. The molecule has 1 unspecified atom stereocenters. The first-order valence-corrected chi connectivity index (χ1v) is 8.05. The van der Waals surface area contributed by atoms with Gasteiger partial charge in [0.25, 0.3) is 0 Å². The van der Waals surface area contributed by atoms with Crippen LogP contribution in [0.5, 0.6) is 0 Å². The number of benzene rings is 1. The van der Waals surface area contributed by atoms with Gasteiger partial charge in [-0.2, -0.15) is 0 Å². The van der Waals surface area contributed by atoms with Crippen LogP contribution in [0.2, 0.25) is 0 Å². The molecule has 21 heavy (non-hydrogen) atoms. The number of hydrogen-bond acceptors (Lipinski definition) is 2. The average Bonchev–Trinajstić information content (AvgIpc) is 2.55. The fourth-order valence-electron chi connectivity index (χ4n) is 3.64. The quantitative estimate of drug-likeness (QED) is 0.935. The second kappa shape index (κ2) is 6.44. The highest BCUT2D eigenvalue weighted by molar-refractivity contribution is 5.78. The Balaban J connectivity index is 1.89. The maximum absolute atomic E-state index is 12.0. The average molecular weight is 284 g/mol. The van der Waals surface area contributed by atoms with E-state index in [1.807, 2.05) is 30.5 Å². The Morgan fingerprint density at radius 3 is 2.71 bits per heavy atom. The van der Waals surface area contributed by atoms with Crippen molar-refractivity contribution in [1.29, 1.82) is 0 Å². The van der Waals surface area contributed by atoms with E-state index in [9.17, 15) is 4.79 Å². The summed E-state index contributed by atoms with van der Waals surface area (Å²) < 4.78 is 2.23. The van der Waals surface area contributed by atoms with Crippen molar-refractivity contribution in [2.24, 2.45) is 5.92 Å². The Bertz CT molecular complexity index is 656. The molecule has 0 amide bonds. The van der Waals surface area contributed by atoms with Gasteiger partial charge in [-0.3, -0.25) is 4.79 Å². The van der Waals surface area contributed by atoms with Gasteiger partial charge < -0.3 is 9.88 Å². The lowest BCUT2D eigenvalue weighted by Crippen LogP contribution is -2.38. The van der Waals surface area contributed by atoms with Crippen LogP contribution in [0, 0.1) is 5.92 Å². The first-order chi connectivity index (χ1) is 10.3. The number of likely N-dealkylation sites (N-methyl/N-ethyl adjacent to an activating group) is 1. The SMILES string of the molecule is CNC(Cn1ccc(=O)c2ccccc21)C1CCCCC1. The Labute approximate surface area is 126 Å². The summed E-state index contributed by atoms with van der Waals surface area (Å²) in [5.74, 6) is 0.752. The minimum absolute atomic E-state index is 0.112. The highest BCUT2D eigenvalue weighted by atomic mass is 16.1. The van der Waals surface area contributed by atoms with Gasteiger partial charge >= 0.3 is 0 Å². The predicted molar refractivity (Wildman–Crippen MR) is 87.6 cm³/mol. The lowest BCUT2D eigenvalue weighted by molar-refractivity contribution is 0.259. The van der Waals surface area contributed by atoms with Gasteiger partial charge in [-0.15, -0.1) is 0 Å². The van der Waals surface area contributed by atoms with E-state index in [0.29, 0.717) is 6.04 Å². The summed E-state index contributed by atoms with van der Waals surface area (Å²) in [4.78, 5) is 12.0. The number of rotatable bonds is 4. The molecule has 0 radical (unpaired) electrons. The molecule has 112 valence electrons. The van der Waals surface area contributed by atoms with Crippen LogP contribution in [0.4, 0.5) is 0 Å². The molecular formula is C18H24N2O. The second-order valence-corrected chi connectivity index (χ2v) is 6.14. The van der Waals surface area contributed by atoms with Crippen LogP contribution in [0.15, 0.2) is 41.3 Å². The summed E-state index contributed by atoms with van der Waals surface area (Å²) in [7, 11) is 2.06. The van der Waals surface area contributed by atoms with E-state index in [2.05, 4.69) is 16.9 Å². The van der Waals surface area contributed by atoms with Crippen LogP contribution in [0.3, 0.4) is 0 Å². The van der Waals surface area contributed by atoms with E-state index < -0.39 is 0 Å². The third kappa shape index (κ3) is 3.03. The number of aromatic nitrogens is 1. The molecule has 1 aromatic carbocycles. The maximum Gasteiger partial charge on any atom is 0.189 e. The van der Waals surface area contributed by atoms with E-state index in [1.54, 1.807) is 6.07 Å². The molecule has 0 saturated heterocycles. The fraction of sp³-hybridized carbons (Fsp3) is 0.500. The summed E-state index contributed by atoms with van der Waals surface area (Å²) in [5.41, 5.74) is 1.15. The number of para-hydroxylation sites is 1. The number of pyridine rings is 1. The summed E-state index contributed by atoms with van der Waals surface area (Å²) in [5, 5.41) is 4.32. The highest BCUT2D eigenvalue weighted by Gasteiger charge is 2.22. The monoisotopic (exact) mass is 284 g/mol. The molecule has 1 fully saturated rings. The molecule has 1 aromatic heterocycles. The van der Waals surface area contributed by atoms with Gasteiger partial charge in [0.15, 0.2) is 5.43 Å². The first-order valence-electron chi connectivity index (χ1n) is 8.05. The van der Waals surface area contributed by atoms with E-state index in [-0.39, 0.29) is 5.43 Å². The van der Waals surface area contributed by atoms with Crippen LogP contribution in [0.25, 0.3) is 10.9 Å². The van der Waals surface area contributed by atoms with E-state index in [0.717, 1.165) is 23.4 Å². The molecule has 3 nitrogen and oxygen atoms in total. The zero-order valence-corrected chi connectivity index (χ0v) is 12.7. The smallest absolute Gasteiger partial charge is 0.189 e. The van der Waals surface area contributed by atoms with Crippen molar-refractivity contribution in [3.05, 3.63) is 46.8 Å². The Kier molecular flexibility index (Phi) is 4.39. The van der Waals surface area contributed by atoms with Crippen molar-refractivity contribution in [3.63, 3.8) is 0 Å². The molecule has 2 aromatic rings. The molecule has 1 aliphatic carbocycles. The molecule has 1 atom stereocenters. The van der Waals surface area contributed by atoms with Gasteiger partial charge in [-0.25, -0.2) is 0 Å². The first kappa shape index (κ1) is 14.3. The lowest BCUT2D eigenvalue weighted by Gasteiger charge is -2.31. The fourth-order valence-corrected chi connectivity index (χ4v) is 3.64. The normalized spacial score (nSPS) is 18.0. The number of hydrogen-bond donors (Lipinski definition) is 1. The van der Waals surface area contributed by atoms with Gasteiger partial charge in [0.05, 0.1) is 5.52 Å².